The van der Waals surface area contributed by atoms with Crippen LogP contribution in [0.5, 0.6) is 0 Å². The first-order valence-corrected chi connectivity index (χ1v) is 6.58. The molecule has 0 amide bonds. The van der Waals surface area contributed by atoms with Crippen LogP contribution in [0.15, 0.2) is 41.3 Å². The maximum Gasteiger partial charge on any atom is 0.0474 e. The Morgan fingerprint density at radius 1 is 1.06 bits per heavy atom. The number of hydrogen-bond donors (Lipinski definition) is 1. The zero-order valence-corrected chi connectivity index (χ0v) is 10.2. The summed E-state index contributed by atoms with van der Waals surface area (Å²) in [6.07, 6.45) is 2.14. The van der Waals surface area contributed by atoms with Gasteiger partial charge in [-0.25, -0.2) is 0 Å². The summed E-state index contributed by atoms with van der Waals surface area (Å²) in [6, 6.07) is 12.9. The largest absolute Gasteiger partial charge is 0.358 e. The second kappa shape index (κ2) is 3.56. The highest BCUT2D eigenvalue weighted by Gasteiger charge is 2.09. The van der Waals surface area contributed by atoms with Gasteiger partial charge < -0.3 is 4.98 Å². The monoisotopic (exact) mass is 227 g/mol. The Balaban J connectivity index is 2.57. The predicted molar refractivity (Wildman–Crippen MR) is 72.3 cm³/mol. The number of thioether (sulfide) groups is 1. The zero-order chi connectivity index (χ0) is 11.1. The molecule has 0 aliphatic rings. The van der Waals surface area contributed by atoms with Crippen LogP contribution in [0.2, 0.25) is 0 Å². The molecule has 0 aliphatic heterocycles. The smallest absolute Gasteiger partial charge is 0.0474 e. The van der Waals surface area contributed by atoms with E-state index in [9.17, 15) is 0 Å². The molecule has 0 aliphatic carbocycles. The third-order valence-electron chi connectivity index (χ3n) is 3.02. The maximum atomic E-state index is 3.45. The Morgan fingerprint density at radius 3 is 2.69 bits per heavy atom. The average Bonchev–Trinajstić information content (AvgIpc) is 2.65. The van der Waals surface area contributed by atoms with Crippen molar-refractivity contribution < 1.29 is 0 Å². The molecule has 3 rings (SSSR count). The molecule has 2 aromatic carbocycles. The predicted octanol–water partition coefficient (Wildman–Crippen LogP) is 4.35. The molecule has 0 unspecified atom stereocenters. The standard InChI is InChI=1S/C14H13NS/c1-9-14(16-2)13-11-6-4-3-5-10(11)7-8-12(13)15-9/h3-8,15H,1-2H3. The molecule has 2 heteroatoms. The number of fused-ring (bicyclic) bond motifs is 3. The van der Waals surface area contributed by atoms with Crippen molar-refractivity contribution in [3.63, 3.8) is 0 Å². The molecule has 0 fully saturated rings. The van der Waals surface area contributed by atoms with Crippen molar-refractivity contribution in [3.05, 3.63) is 42.1 Å². The van der Waals surface area contributed by atoms with Crippen LogP contribution < -0.4 is 0 Å². The number of nitrogens with one attached hydrogen (secondary N) is 1. The fourth-order valence-corrected chi connectivity index (χ4v) is 3.10. The third kappa shape index (κ3) is 1.26. The van der Waals surface area contributed by atoms with Gasteiger partial charge in [-0.3, -0.25) is 0 Å². The Bertz CT molecular complexity index is 667. The van der Waals surface area contributed by atoms with Crippen molar-refractivity contribution in [1.29, 1.82) is 0 Å². The van der Waals surface area contributed by atoms with E-state index in [1.165, 1.54) is 32.3 Å². The normalized spacial score (nSPS) is 11.4. The average molecular weight is 227 g/mol. The van der Waals surface area contributed by atoms with Gasteiger partial charge in [-0.05, 0) is 30.0 Å². The number of aromatic amines is 1. The number of H-pyrrole nitrogens is 1. The first kappa shape index (κ1) is 9.79. The summed E-state index contributed by atoms with van der Waals surface area (Å²) < 4.78 is 0. The third-order valence-corrected chi connectivity index (χ3v) is 3.94. The maximum absolute atomic E-state index is 3.45. The summed E-state index contributed by atoms with van der Waals surface area (Å²) in [5.74, 6) is 0. The van der Waals surface area contributed by atoms with Gasteiger partial charge in [0, 0.05) is 21.5 Å². The summed E-state index contributed by atoms with van der Waals surface area (Å²) in [7, 11) is 0. The number of aromatic nitrogens is 1. The molecule has 0 saturated heterocycles. The van der Waals surface area contributed by atoms with E-state index in [0.29, 0.717) is 0 Å². The molecular formula is C14H13NS. The van der Waals surface area contributed by atoms with E-state index in [2.05, 4.69) is 54.6 Å². The van der Waals surface area contributed by atoms with Crippen LogP contribution in [0.4, 0.5) is 0 Å². The van der Waals surface area contributed by atoms with Gasteiger partial charge in [-0.1, -0.05) is 30.3 Å². The van der Waals surface area contributed by atoms with Crippen LogP contribution in [0.1, 0.15) is 5.69 Å². The number of benzene rings is 2. The van der Waals surface area contributed by atoms with E-state index < -0.39 is 0 Å². The van der Waals surface area contributed by atoms with Crippen molar-refractivity contribution in [2.24, 2.45) is 0 Å². The quantitative estimate of drug-likeness (QED) is 0.611. The lowest BCUT2D eigenvalue weighted by Crippen LogP contribution is -1.75. The van der Waals surface area contributed by atoms with Gasteiger partial charge in [0.25, 0.3) is 0 Å². The molecule has 0 atom stereocenters. The molecule has 1 aromatic heterocycles. The molecule has 1 nitrogen and oxygen atoms in total. The highest BCUT2D eigenvalue weighted by molar-refractivity contribution is 7.98. The molecule has 16 heavy (non-hydrogen) atoms. The fourth-order valence-electron chi connectivity index (χ4n) is 2.32. The minimum atomic E-state index is 1.24. The summed E-state index contributed by atoms with van der Waals surface area (Å²) in [5, 5.41) is 4.01. The van der Waals surface area contributed by atoms with Crippen molar-refractivity contribution in [2.75, 3.05) is 6.26 Å². The fraction of sp³-hybridized carbons (Fsp3) is 0.143. The van der Waals surface area contributed by atoms with Crippen LogP contribution in [0.3, 0.4) is 0 Å². The van der Waals surface area contributed by atoms with E-state index in [4.69, 9.17) is 0 Å². The van der Waals surface area contributed by atoms with Crippen molar-refractivity contribution in [3.8, 4) is 0 Å². The minimum Gasteiger partial charge on any atom is -0.358 e. The molecule has 80 valence electrons. The molecular weight excluding hydrogens is 214 g/mol. The summed E-state index contributed by atoms with van der Waals surface area (Å²) in [4.78, 5) is 4.82. The van der Waals surface area contributed by atoms with E-state index in [1.54, 1.807) is 0 Å². The minimum absolute atomic E-state index is 1.24. The second-order valence-electron chi connectivity index (χ2n) is 3.99. The zero-order valence-electron chi connectivity index (χ0n) is 9.37. The van der Waals surface area contributed by atoms with Gasteiger partial charge in [0.15, 0.2) is 0 Å². The Kier molecular flexibility index (Phi) is 2.18. The highest BCUT2D eigenvalue weighted by atomic mass is 32.2. The van der Waals surface area contributed by atoms with Gasteiger partial charge in [0.2, 0.25) is 0 Å². The van der Waals surface area contributed by atoms with E-state index in [-0.39, 0.29) is 0 Å². The van der Waals surface area contributed by atoms with Crippen LogP contribution in [0, 0.1) is 6.92 Å². The first-order valence-electron chi connectivity index (χ1n) is 5.35. The molecule has 0 spiro atoms. The Morgan fingerprint density at radius 2 is 1.88 bits per heavy atom. The van der Waals surface area contributed by atoms with E-state index >= 15 is 0 Å². The van der Waals surface area contributed by atoms with Crippen molar-refractivity contribution >= 4 is 33.4 Å². The summed E-state index contributed by atoms with van der Waals surface area (Å²) in [6.45, 7) is 2.14. The van der Waals surface area contributed by atoms with Gasteiger partial charge in [0.05, 0.1) is 0 Å². The lowest BCUT2D eigenvalue weighted by atomic mass is 10.1. The molecule has 1 N–H and O–H groups in total. The molecule has 1 heterocycles. The number of aryl methyl sites for hydroxylation is 1. The van der Waals surface area contributed by atoms with Gasteiger partial charge in [-0.15, -0.1) is 11.8 Å². The second-order valence-corrected chi connectivity index (χ2v) is 4.81. The topological polar surface area (TPSA) is 15.8 Å². The van der Waals surface area contributed by atoms with Crippen molar-refractivity contribution in [2.45, 2.75) is 11.8 Å². The van der Waals surface area contributed by atoms with Gasteiger partial charge in [0.1, 0.15) is 0 Å². The van der Waals surface area contributed by atoms with E-state index in [1.807, 2.05) is 11.8 Å². The summed E-state index contributed by atoms with van der Waals surface area (Å²) >= 11 is 1.82. The Labute approximate surface area is 98.9 Å². The number of rotatable bonds is 1. The molecule has 0 saturated carbocycles. The number of hydrogen-bond acceptors (Lipinski definition) is 1. The Hall–Kier alpha value is -1.41. The highest BCUT2D eigenvalue weighted by Crippen LogP contribution is 2.35. The molecule has 0 bridgehead atoms. The molecule has 3 aromatic rings. The van der Waals surface area contributed by atoms with Crippen LogP contribution in [-0.2, 0) is 0 Å². The van der Waals surface area contributed by atoms with Crippen LogP contribution >= 0.6 is 11.8 Å². The van der Waals surface area contributed by atoms with Gasteiger partial charge in [-0.2, -0.15) is 0 Å². The molecule has 0 radical (unpaired) electrons. The lowest BCUT2D eigenvalue weighted by molar-refractivity contribution is 1.23. The van der Waals surface area contributed by atoms with Crippen molar-refractivity contribution in [1.82, 2.24) is 4.98 Å². The van der Waals surface area contributed by atoms with Crippen LogP contribution in [0.25, 0.3) is 21.7 Å². The van der Waals surface area contributed by atoms with Crippen LogP contribution in [-0.4, -0.2) is 11.2 Å². The first-order chi connectivity index (χ1) is 7.81. The SMILES string of the molecule is CSc1c(C)[nH]c2ccc3ccccc3c12. The van der Waals surface area contributed by atoms with Gasteiger partial charge >= 0.3 is 0 Å². The van der Waals surface area contributed by atoms with E-state index in [0.717, 1.165) is 0 Å². The summed E-state index contributed by atoms with van der Waals surface area (Å²) in [5.41, 5.74) is 2.50. The lowest BCUT2D eigenvalue weighted by Gasteiger charge is -2.01.